The Morgan fingerprint density at radius 2 is 1.65 bits per heavy atom. The molecule has 2 N–H and O–H groups in total. The van der Waals surface area contributed by atoms with Crippen molar-refractivity contribution in [2.24, 2.45) is 23.5 Å². The maximum absolute atomic E-state index is 6.70. The quantitative estimate of drug-likeness (QED) is 0.819. The molecule has 0 amide bonds. The highest BCUT2D eigenvalue weighted by Gasteiger charge is 2.41. The van der Waals surface area contributed by atoms with Crippen LogP contribution in [-0.4, -0.2) is 18.2 Å². The average molecular weight is 279 g/mol. The lowest BCUT2D eigenvalue weighted by Gasteiger charge is -2.46. The van der Waals surface area contributed by atoms with Crippen LogP contribution in [0.2, 0.25) is 0 Å². The summed E-state index contributed by atoms with van der Waals surface area (Å²) in [6, 6.07) is 0.435. The Kier molecular flexibility index (Phi) is 4.72. The van der Waals surface area contributed by atoms with Gasteiger partial charge in [0.2, 0.25) is 0 Å². The minimum atomic E-state index is 0.223. The molecule has 2 nitrogen and oxygen atoms in total. The van der Waals surface area contributed by atoms with Gasteiger partial charge in [-0.2, -0.15) is 0 Å². The number of hydrogen-bond acceptors (Lipinski definition) is 2. The maximum Gasteiger partial charge on any atom is 0.0685 e. The second-order valence-electron chi connectivity index (χ2n) is 7.94. The monoisotopic (exact) mass is 279 g/mol. The van der Waals surface area contributed by atoms with Crippen LogP contribution in [-0.2, 0) is 4.74 Å². The molecule has 0 radical (unpaired) electrons. The van der Waals surface area contributed by atoms with E-state index < -0.39 is 0 Å². The van der Waals surface area contributed by atoms with Crippen molar-refractivity contribution in [1.82, 2.24) is 0 Å². The van der Waals surface area contributed by atoms with E-state index in [9.17, 15) is 0 Å². The van der Waals surface area contributed by atoms with E-state index >= 15 is 0 Å². The summed E-state index contributed by atoms with van der Waals surface area (Å²) in [6.45, 7) is 3.36. The zero-order valence-electron chi connectivity index (χ0n) is 13.3. The first-order valence-electron chi connectivity index (χ1n) is 9.08. The molecule has 2 saturated carbocycles. The second-order valence-corrected chi connectivity index (χ2v) is 7.94. The molecule has 1 aliphatic heterocycles. The molecule has 0 aromatic heterocycles. The highest BCUT2D eigenvalue weighted by atomic mass is 16.5. The van der Waals surface area contributed by atoms with Crippen LogP contribution in [0, 0.1) is 17.8 Å². The Balaban J connectivity index is 1.58. The topological polar surface area (TPSA) is 35.2 Å². The minimum Gasteiger partial charge on any atom is -0.375 e. The summed E-state index contributed by atoms with van der Waals surface area (Å²) >= 11 is 0. The molecule has 3 fully saturated rings. The zero-order chi connectivity index (χ0) is 14.0. The summed E-state index contributed by atoms with van der Waals surface area (Å²) in [7, 11) is 0. The van der Waals surface area contributed by atoms with Crippen LogP contribution >= 0.6 is 0 Å². The van der Waals surface area contributed by atoms with Gasteiger partial charge in [0, 0.05) is 12.6 Å². The third-order valence-electron chi connectivity index (χ3n) is 6.45. The Morgan fingerprint density at radius 3 is 2.35 bits per heavy atom. The first kappa shape index (κ1) is 14.8. The molecular weight excluding hydrogens is 246 g/mol. The van der Waals surface area contributed by atoms with Gasteiger partial charge in [0.05, 0.1) is 5.60 Å². The van der Waals surface area contributed by atoms with E-state index in [2.05, 4.69) is 6.92 Å². The fourth-order valence-corrected chi connectivity index (χ4v) is 4.99. The van der Waals surface area contributed by atoms with E-state index in [4.69, 9.17) is 10.5 Å². The molecule has 0 aromatic rings. The van der Waals surface area contributed by atoms with Gasteiger partial charge in [-0.25, -0.2) is 0 Å². The molecule has 2 aliphatic carbocycles. The van der Waals surface area contributed by atoms with E-state index in [1.807, 2.05) is 0 Å². The first-order chi connectivity index (χ1) is 9.69. The normalized spacial score (nSPS) is 39.6. The van der Waals surface area contributed by atoms with Crippen molar-refractivity contribution in [2.45, 2.75) is 89.2 Å². The molecule has 0 aromatic carbocycles. The maximum atomic E-state index is 6.70. The molecule has 3 aliphatic rings. The van der Waals surface area contributed by atoms with Crippen molar-refractivity contribution in [3.05, 3.63) is 0 Å². The van der Waals surface area contributed by atoms with Gasteiger partial charge in [-0.15, -0.1) is 0 Å². The van der Waals surface area contributed by atoms with Gasteiger partial charge in [-0.05, 0) is 56.3 Å². The third kappa shape index (κ3) is 3.22. The van der Waals surface area contributed by atoms with Crippen LogP contribution in [0.15, 0.2) is 0 Å². The van der Waals surface area contributed by atoms with E-state index in [0.717, 1.165) is 24.4 Å². The van der Waals surface area contributed by atoms with Crippen LogP contribution in [0.5, 0.6) is 0 Å². The third-order valence-corrected chi connectivity index (χ3v) is 6.45. The smallest absolute Gasteiger partial charge is 0.0685 e. The molecule has 20 heavy (non-hydrogen) atoms. The highest BCUT2D eigenvalue weighted by Crippen LogP contribution is 2.43. The van der Waals surface area contributed by atoms with Gasteiger partial charge < -0.3 is 10.5 Å². The molecule has 1 heterocycles. The predicted octanol–water partition coefficient (Wildman–Crippen LogP) is 4.27. The van der Waals surface area contributed by atoms with Gasteiger partial charge >= 0.3 is 0 Å². The van der Waals surface area contributed by atoms with Crippen molar-refractivity contribution >= 4 is 0 Å². The Morgan fingerprint density at radius 1 is 0.950 bits per heavy atom. The van der Waals surface area contributed by atoms with Gasteiger partial charge in [-0.3, -0.25) is 0 Å². The second kappa shape index (κ2) is 6.36. The minimum absolute atomic E-state index is 0.223. The lowest BCUT2D eigenvalue weighted by atomic mass is 9.69. The van der Waals surface area contributed by atoms with E-state index in [1.54, 1.807) is 0 Å². The van der Waals surface area contributed by atoms with E-state index in [-0.39, 0.29) is 5.60 Å². The van der Waals surface area contributed by atoms with Crippen LogP contribution < -0.4 is 5.73 Å². The summed E-state index contributed by atoms with van der Waals surface area (Å²) in [5.41, 5.74) is 6.93. The van der Waals surface area contributed by atoms with Crippen LogP contribution in [0.4, 0.5) is 0 Å². The van der Waals surface area contributed by atoms with Crippen molar-refractivity contribution in [1.29, 1.82) is 0 Å². The van der Waals surface area contributed by atoms with Crippen molar-refractivity contribution in [2.75, 3.05) is 6.61 Å². The molecule has 116 valence electrons. The molecule has 2 unspecified atom stereocenters. The molecule has 1 saturated heterocycles. The Labute approximate surface area is 124 Å². The average Bonchev–Trinajstić information content (AvgIpc) is 2.48. The standard InChI is InChI=1S/C18H33NO/c1-14-5-7-15(8-6-14)17(19)16-9-12-20-18(13-16)10-3-2-4-11-18/h14-17H,2-13,19H2,1H3. The Bertz CT molecular complexity index is 297. The summed E-state index contributed by atoms with van der Waals surface area (Å²) in [5.74, 6) is 2.44. The lowest BCUT2D eigenvalue weighted by Crippen LogP contribution is -2.49. The van der Waals surface area contributed by atoms with Crippen LogP contribution in [0.25, 0.3) is 0 Å². The molecular formula is C18H33NO. The Hall–Kier alpha value is -0.0800. The van der Waals surface area contributed by atoms with Crippen molar-refractivity contribution in [3.8, 4) is 0 Å². The summed E-state index contributed by atoms with van der Waals surface area (Å²) in [4.78, 5) is 0. The van der Waals surface area contributed by atoms with Crippen molar-refractivity contribution in [3.63, 3.8) is 0 Å². The molecule has 3 rings (SSSR count). The fourth-order valence-electron chi connectivity index (χ4n) is 4.99. The molecule has 2 atom stereocenters. The van der Waals surface area contributed by atoms with Gasteiger partial charge in [0.25, 0.3) is 0 Å². The lowest BCUT2D eigenvalue weighted by molar-refractivity contribution is -0.123. The largest absolute Gasteiger partial charge is 0.375 e. The van der Waals surface area contributed by atoms with Gasteiger partial charge in [-0.1, -0.05) is 39.0 Å². The zero-order valence-corrected chi connectivity index (χ0v) is 13.3. The number of hydrogen-bond donors (Lipinski definition) is 1. The van der Waals surface area contributed by atoms with E-state index in [1.165, 1.54) is 70.6 Å². The molecule has 0 bridgehead atoms. The number of rotatable bonds is 2. The van der Waals surface area contributed by atoms with E-state index in [0.29, 0.717) is 6.04 Å². The van der Waals surface area contributed by atoms with Crippen LogP contribution in [0.3, 0.4) is 0 Å². The van der Waals surface area contributed by atoms with Crippen LogP contribution in [0.1, 0.15) is 77.6 Å². The number of ether oxygens (including phenoxy) is 1. The van der Waals surface area contributed by atoms with Gasteiger partial charge in [0.15, 0.2) is 0 Å². The predicted molar refractivity (Wildman–Crippen MR) is 83.6 cm³/mol. The molecule has 1 spiro atoms. The van der Waals surface area contributed by atoms with Crippen molar-refractivity contribution < 1.29 is 4.74 Å². The summed E-state index contributed by atoms with van der Waals surface area (Å²) < 4.78 is 6.24. The first-order valence-corrected chi connectivity index (χ1v) is 9.08. The number of nitrogens with two attached hydrogens (primary N) is 1. The van der Waals surface area contributed by atoms with Gasteiger partial charge in [0.1, 0.15) is 0 Å². The highest BCUT2D eigenvalue weighted by molar-refractivity contribution is 4.94. The fraction of sp³-hybridized carbons (Fsp3) is 1.00. The SMILES string of the molecule is CC1CCC(C(N)C2CCOC3(CCCCC3)C2)CC1. The summed E-state index contributed by atoms with van der Waals surface area (Å²) in [5, 5.41) is 0. The molecule has 2 heteroatoms. The summed E-state index contributed by atoms with van der Waals surface area (Å²) in [6.07, 6.45) is 14.7.